The van der Waals surface area contributed by atoms with E-state index in [9.17, 15) is 10.0 Å². The Morgan fingerprint density at radius 1 is 1.77 bits per heavy atom. The zero-order valence-corrected chi connectivity index (χ0v) is 7.73. The predicted molar refractivity (Wildman–Crippen MR) is 46.0 cm³/mol. The minimum atomic E-state index is -0.428. The maximum absolute atomic E-state index is 11.1. The van der Waals surface area contributed by atoms with Gasteiger partial charge in [0.05, 0.1) is 6.26 Å². The first kappa shape index (κ1) is 9.80. The molecule has 4 heteroatoms. The maximum Gasteiger partial charge on any atom is 0.246 e. The quantitative estimate of drug-likeness (QED) is 0.575. The Kier molecular flexibility index (Phi) is 3.08. The number of amides is 1. The van der Waals surface area contributed by atoms with Gasteiger partial charge in [0.25, 0.3) is 0 Å². The number of rotatable bonds is 3. The molecule has 0 radical (unpaired) electrons. The summed E-state index contributed by atoms with van der Waals surface area (Å²) >= 11 is 0. The third-order valence-electron chi connectivity index (χ3n) is 1.88. The van der Waals surface area contributed by atoms with E-state index in [1.54, 1.807) is 26.0 Å². The van der Waals surface area contributed by atoms with E-state index >= 15 is 0 Å². The molecule has 0 fully saturated rings. The molecule has 1 amide bonds. The van der Waals surface area contributed by atoms with Gasteiger partial charge in [-0.15, -0.1) is 0 Å². The summed E-state index contributed by atoms with van der Waals surface area (Å²) in [5, 5.41) is 10.1. The van der Waals surface area contributed by atoms with Crippen LogP contribution in [0.2, 0.25) is 0 Å². The summed E-state index contributed by atoms with van der Waals surface area (Å²) in [4.78, 5) is 11.1. The SMILES string of the molecule is CCC(=O)N(O)C(C)c1ccco1. The lowest BCUT2D eigenvalue weighted by Crippen LogP contribution is -2.29. The number of furan rings is 1. The van der Waals surface area contributed by atoms with Crippen molar-refractivity contribution >= 4 is 5.91 Å². The van der Waals surface area contributed by atoms with Crippen LogP contribution in [-0.4, -0.2) is 16.2 Å². The molecule has 1 heterocycles. The van der Waals surface area contributed by atoms with E-state index in [0.29, 0.717) is 10.8 Å². The molecule has 4 nitrogen and oxygen atoms in total. The van der Waals surface area contributed by atoms with Crippen LogP contribution in [0.3, 0.4) is 0 Å². The third-order valence-corrected chi connectivity index (χ3v) is 1.88. The zero-order chi connectivity index (χ0) is 9.84. The first-order valence-corrected chi connectivity index (χ1v) is 4.21. The van der Waals surface area contributed by atoms with Gasteiger partial charge in [-0.2, -0.15) is 0 Å². The highest BCUT2D eigenvalue weighted by atomic mass is 16.5. The number of hydrogen-bond acceptors (Lipinski definition) is 3. The van der Waals surface area contributed by atoms with Crippen LogP contribution in [0.4, 0.5) is 0 Å². The van der Waals surface area contributed by atoms with Crippen molar-refractivity contribution in [3.8, 4) is 0 Å². The van der Waals surface area contributed by atoms with E-state index < -0.39 is 6.04 Å². The average Bonchev–Trinajstić information content (AvgIpc) is 2.67. The molecule has 0 saturated heterocycles. The smallest absolute Gasteiger partial charge is 0.246 e. The van der Waals surface area contributed by atoms with Crippen LogP contribution in [-0.2, 0) is 4.79 Å². The molecule has 0 bridgehead atoms. The molecular formula is C9H13NO3. The standard InChI is InChI=1S/C9H13NO3/c1-3-9(11)10(12)7(2)8-5-4-6-13-8/h4-7,12H,3H2,1-2H3. The Morgan fingerprint density at radius 2 is 2.46 bits per heavy atom. The van der Waals surface area contributed by atoms with E-state index in [2.05, 4.69) is 0 Å². The maximum atomic E-state index is 11.1. The Morgan fingerprint density at radius 3 is 2.92 bits per heavy atom. The van der Waals surface area contributed by atoms with Gasteiger partial charge in [-0.3, -0.25) is 10.0 Å². The largest absolute Gasteiger partial charge is 0.467 e. The molecule has 0 aliphatic rings. The van der Waals surface area contributed by atoms with Crippen LogP contribution < -0.4 is 0 Å². The van der Waals surface area contributed by atoms with Gasteiger partial charge in [0.2, 0.25) is 5.91 Å². The molecule has 0 aromatic carbocycles. The topological polar surface area (TPSA) is 53.7 Å². The summed E-state index contributed by atoms with van der Waals surface area (Å²) in [7, 11) is 0. The second kappa shape index (κ2) is 4.09. The van der Waals surface area contributed by atoms with Crippen LogP contribution in [0.25, 0.3) is 0 Å². The van der Waals surface area contributed by atoms with Gasteiger partial charge < -0.3 is 4.42 Å². The summed E-state index contributed by atoms with van der Waals surface area (Å²) in [6.45, 7) is 3.40. The van der Waals surface area contributed by atoms with E-state index in [1.807, 2.05) is 0 Å². The van der Waals surface area contributed by atoms with Crippen molar-refractivity contribution in [1.82, 2.24) is 5.06 Å². The van der Waals surface area contributed by atoms with Crippen molar-refractivity contribution in [2.45, 2.75) is 26.3 Å². The van der Waals surface area contributed by atoms with Gasteiger partial charge in [0, 0.05) is 6.42 Å². The summed E-state index contributed by atoms with van der Waals surface area (Å²) in [5.74, 6) is 0.258. The molecule has 0 aliphatic carbocycles. The highest BCUT2D eigenvalue weighted by Crippen LogP contribution is 2.18. The summed E-state index contributed by atoms with van der Waals surface area (Å²) in [5.41, 5.74) is 0. The first-order chi connectivity index (χ1) is 6.16. The fraction of sp³-hybridized carbons (Fsp3) is 0.444. The van der Waals surface area contributed by atoms with E-state index in [0.717, 1.165) is 0 Å². The van der Waals surface area contributed by atoms with Crippen molar-refractivity contribution in [2.75, 3.05) is 0 Å². The minimum absolute atomic E-state index is 0.279. The Labute approximate surface area is 76.7 Å². The van der Waals surface area contributed by atoms with Gasteiger partial charge in [-0.1, -0.05) is 6.92 Å². The lowest BCUT2D eigenvalue weighted by molar-refractivity contribution is -0.176. The summed E-state index contributed by atoms with van der Waals surface area (Å²) < 4.78 is 5.06. The van der Waals surface area contributed by atoms with Crippen LogP contribution in [0, 0.1) is 0 Å². The van der Waals surface area contributed by atoms with Crippen molar-refractivity contribution in [1.29, 1.82) is 0 Å². The Hall–Kier alpha value is -1.29. The number of hydrogen-bond donors (Lipinski definition) is 1. The van der Waals surface area contributed by atoms with Gasteiger partial charge in [-0.25, -0.2) is 5.06 Å². The van der Waals surface area contributed by atoms with E-state index in [1.165, 1.54) is 6.26 Å². The Balaban J connectivity index is 2.68. The van der Waals surface area contributed by atoms with Crippen molar-refractivity contribution in [2.24, 2.45) is 0 Å². The van der Waals surface area contributed by atoms with Gasteiger partial charge in [-0.05, 0) is 19.1 Å². The highest BCUT2D eigenvalue weighted by Gasteiger charge is 2.19. The zero-order valence-electron chi connectivity index (χ0n) is 7.73. The number of carbonyl (C=O) groups is 1. The Bertz CT molecular complexity index is 268. The van der Waals surface area contributed by atoms with E-state index in [-0.39, 0.29) is 12.3 Å². The molecule has 1 N–H and O–H groups in total. The van der Waals surface area contributed by atoms with Crippen molar-refractivity contribution < 1.29 is 14.4 Å². The molecular weight excluding hydrogens is 170 g/mol. The monoisotopic (exact) mass is 183 g/mol. The molecule has 72 valence electrons. The van der Waals surface area contributed by atoms with Crippen LogP contribution in [0.5, 0.6) is 0 Å². The van der Waals surface area contributed by atoms with E-state index in [4.69, 9.17) is 4.42 Å². The van der Waals surface area contributed by atoms with Gasteiger partial charge >= 0.3 is 0 Å². The second-order valence-corrected chi connectivity index (χ2v) is 2.78. The van der Waals surface area contributed by atoms with Crippen LogP contribution >= 0.6 is 0 Å². The van der Waals surface area contributed by atoms with Gasteiger partial charge in [0.15, 0.2) is 0 Å². The number of nitrogens with zero attached hydrogens (tertiary/aromatic N) is 1. The van der Waals surface area contributed by atoms with Gasteiger partial charge in [0.1, 0.15) is 11.8 Å². The third kappa shape index (κ3) is 2.09. The minimum Gasteiger partial charge on any atom is -0.467 e. The molecule has 1 atom stereocenters. The molecule has 1 aromatic rings. The molecule has 1 unspecified atom stereocenters. The fourth-order valence-electron chi connectivity index (χ4n) is 1.03. The fourth-order valence-corrected chi connectivity index (χ4v) is 1.03. The van der Waals surface area contributed by atoms with Crippen molar-refractivity contribution in [3.63, 3.8) is 0 Å². The number of carbonyl (C=O) groups excluding carboxylic acids is 1. The molecule has 1 aromatic heterocycles. The lowest BCUT2D eigenvalue weighted by Gasteiger charge is -2.19. The molecule has 1 rings (SSSR count). The highest BCUT2D eigenvalue weighted by molar-refractivity contribution is 5.74. The summed E-state index contributed by atoms with van der Waals surface area (Å²) in [6.07, 6.45) is 1.79. The first-order valence-electron chi connectivity index (χ1n) is 4.21. The predicted octanol–water partition coefficient (Wildman–Crippen LogP) is 1.97. The number of hydroxylamine groups is 2. The molecule has 0 spiro atoms. The summed E-state index contributed by atoms with van der Waals surface area (Å²) in [6, 6.07) is 3.01. The molecule has 0 aliphatic heterocycles. The molecule has 13 heavy (non-hydrogen) atoms. The molecule has 0 saturated carbocycles. The van der Waals surface area contributed by atoms with Crippen LogP contribution in [0.15, 0.2) is 22.8 Å². The lowest BCUT2D eigenvalue weighted by atomic mass is 10.2. The second-order valence-electron chi connectivity index (χ2n) is 2.78. The normalized spacial score (nSPS) is 12.5. The van der Waals surface area contributed by atoms with Crippen LogP contribution in [0.1, 0.15) is 32.1 Å². The average molecular weight is 183 g/mol. The van der Waals surface area contributed by atoms with Crippen molar-refractivity contribution in [3.05, 3.63) is 24.2 Å².